The molecule has 3 rings (SSSR count). The maximum absolute atomic E-state index is 5.81. The lowest BCUT2D eigenvalue weighted by molar-refractivity contribution is 0.415. The van der Waals surface area contributed by atoms with E-state index in [1.54, 1.807) is 18.4 Å². The number of nitrogen functional groups attached to an aromatic ring is 1. The van der Waals surface area contributed by atoms with E-state index < -0.39 is 0 Å². The van der Waals surface area contributed by atoms with Crippen molar-refractivity contribution in [3.63, 3.8) is 0 Å². The van der Waals surface area contributed by atoms with Gasteiger partial charge in [0.25, 0.3) is 0 Å². The van der Waals surface area contributed by atoms with Gasteiger partial charge in [0.2, 0.25) is 0 Å². The SMILES string of the molecule is COc1ccc2c(c1)-c1sc(N)nc1CCC2. The topological polar surface area (TPSA) is 48.1 Å². The largest absolute Gasteiger partial charge is 0.497 e. The van der Waals surface area contributed by atoms with Crippen LogP contribution in [0.1, 0.15) is 17.7 Å². The number of aromatic nitrogens is 1. The number of fused-ring (bicyclic) bond motifs is 3. The molecule has 0 atom stereocenters. The van der Waals surface area contributed by atoms with E-state index in [0.717, 1.165) is 30.7 Å². The first kappa shape index (κ1) is 10.6. The monoisotopic (exact) mass is 246 g/mol. The van der Waals surface area contributed by atoms with Crippen LogP contribution in [0.4, 0.5) is 5.13 Å². The third-order valence-electron chi connectivity index (χ3n) is 3.14. The maximum atomic E-state index is 5.81. The molecular weight excluding hydrogens is 232 g/mol. The van der Waals surface area contributed by atoms with E-state index in [4.69, 9.17) is 10.5 Å². The van der Waals surface area contributed by atoms with Crippen LogP contribution in [0.5, 0.6) is 5.75 Å². The van der Waals surface area contributed by atoms with Crippen molar-refractivity contribution in [3.8, 4) is 16.2 Å². The van der Waals surface area contributed by atoms with Crippen LogP contribution in [0, 0.1) is 0 Å². The molecule has 0 fully saturated rings. The van der Waals surface area contributed by atoms with Crippen molar-refractivity contribution in [1.29, 1.82) is 0 Å². The summed E-state index contributed by atoms with van der Waals surface area (Å²) in [5, 5.41) is 0.658. The van der Waals surface area contributed by atoms with E-state index in [2.05, 4.69) is 17.1 Å². The third kappa shape index (κ3) is 1.78. The highest BCUT2D eigenvalue weighted by Gasteiger charge is 2.18. The van der Waals surface area contributed by atoms with Crippen molar-refractivity contribution in [2.24, 2.45) is 0 Å². The van der Waals surface area contributed by atoms with Crippen molar-refractivity contribution >= 4 is 16.5 Å². The second-order valence-electron chi connectivity index (χ2n) is 4.20. The summed E-state index contributed by atoms with van der Waals surface area (Å²) in [4.78, 5) is 5.64. The zero-order valence-electron chi connectivity index (χ0n) is 9.69. The number of anilines is 1. The molecule has 0 saturated carbocycles. The molecular formula is C13H14N2OS. The summed E-state index contributed by atoms with van der Waals surface area (Å²) in [6.07, 6.45) is 3.25. The van der Waals surface area contributed by atoms with Gasteiger partial charge in [-0.15, -0.1) is 0 Å². The highest BCUT2D eigenvalue weighted by Crippen LogP contribution is 2.39. The fraction of sp³-hybridized carbons (Fsp3) is 0.308. The van der Waals surface area contributed by atoms with Gasteiger partial charge in [-0.25, -0.2) is 4.98 Å². The van der Waals surface area contributed by atoms with Gasteiger partial charge < -0.3 is 10.5 Å². The second-order valence-corrected chi connectivity index (χ2v) is 5.24. The summed E-state index contributed by atoms with van der Waals surface area (Å²) >= 11 is 1.58. The number of methoxy groups -OCH3 is 1. The van der Waals surface area contributed by atoms with Gasteiger partial charge >= 0.3 is 0 Å². The van der Waals surface area contributed by atoms with Crippen LogP contribution in [0.25, 0.3) is 10.4 Å². The molecule has 1 aliphatic rings. The summed E-state index contributed by atoms with van der Waals surface area (Å²) in [6, 6.07) is 6.27. The lowest BCUT2D eigenvalue weighted by Crippen LogP contribution is -1.89. The van der Waals surface area contributed by atoms with Gasteiger partial charge in [-0.05, 0) is 37.0 Å². The van der Waals surface area contributed by atoms with Crippen molar-refractivity contribution in [2.45, 2.75) is 19.3 Å². The fourth-order valence-electron chi connectivity index (χ4n) is 2.31. The Morgan fingerprint density at radius 1 is 1.35 bits per heavy atom. The molecule has 2 aromatic rings. The number of nitrogens with zero attached hydrogens (tertiary/aromatic N) is 1. The minimum Gasteiger partial charge on any atom is -0.497 e. The smallest absolute Gasteiger partial charge is 0.180 e. The molecule has 0 bridgehead atoms. The Morgan fingerprint density at radius 3 is 3.06 bits per heavy atom. The van der Waals surface area contributed by atoms with Crippen molar-refractivity contribution in [1.82, 2.24) is 4.98 Å². The van der Waals surface area contributed by atoms with Gasteiger partial charge in [-0.3, -0.25) is 0 Å². The molecule has 1 aliphatic carbocycles. The number of ether oxygens (including phenoxy) is 1. The molecule has 1 heterocycles. The fourth-order valence-corrected chi connectivity index (χ4v) is 3.24. The molecule has 0 spiro atoms. The van der Waals surface area contributed by atoms with E-state index in [9.17, 15) is 0 Å². The Balaban J connectivity index is 2.22. The van der Waals surface area contributed by atoms with Crippen LogP contribution < -0.4 is 10.5 Å². The molecule has 0 aliphatic heterocycles. The minimum absolute atomic E-state index is 0.658. The van der Waals surface area contributed by atoms with Gasteiger partial charge in [0.1, 0.15) is 5.75 Å². The van der Waals surface area contributed by atoms with E-state index in [0.29, 0.717) is 5.13 Å². The van der Waals surface area contributed by atoms with E-state index in [-0.39, 0.29) is 0 Å². The Kier molecular flexibility index (Phi) is 2.52. The average Bonchev–Trinajstić information content (AvgIpc) is 2.63. The van der Waals surface area contributed by atoms with E-state index >= 15 is 0 Å². The first-order valence-electron chi connectivity index (χ1n) is 5.70. The summed E-state index contributed by atoms with van der Waals surface area (Å²) in [5.41, 5.74) is 9.56. The van der Waals surface area contributed by atoms with Gasteiger partial charge in [0.15, 0.2) is 5.13 Å². The van der Waals surface area contributed by atoms with Gasteiger partial charge in [0.05, 0.1) is 17.7 Å². The van der Waals surface area contributed by atoms with Gasteiger partial charge in [-0.2, -0.15) is 0 Å². The van der Waals surface area contributed by atoms with Crippen LogP contribution in [0.3, 0.4) is 0 Å². The third-order valence-corrected chi connectivity index (χ3v) is 4.10. The molecule has 3 nitrogen and oxygen atoms in total. The molecule has 4 heteroatoms. The standard InChI is InChI=1S/C13H14N2OS/c1-16-9-6-5-8-3-2-4-11-12(10(8)7-9)17-13(14)15-11/h5-7H,2-4H2,1H3,(H2,14,15). The van der Waals surface area contributed by atoms with Crippen LogP contribution in [0.15, 0.2) is 18.2 Å². The molecule has 1 aromatic heterocycles. The summed E-state index contributed by atoms with van der Waals surface area (Å²) in [7, 11) is 1.69. The molecule has 17 heavy (non-hydrogen) atoms. The van der Waals surface area contributed by atoms with Gasteiger partial charge in [-0.1, -0.05) is 17.4 Å². The molecule has 88 valence electrons. The quantitative estimate of drug-likeness (QED) is 0.841. The number of hydrogen-bond donors (Lipinski definition) is 1. The van der Waals surface area contributed by atoms with Gasteiger partial charge in [0, 0.05) is 5.56 Å². The van der Waals surface area contributed by atoms with E-state index in [1.807, 2.05) is 6.07 Å². The maximum Gasteiger partial charge on any atom is 0.180 e. The Hall–Kier alpha value is -1.55. The zero-order chi connectivity index (χ0) is 11.8. The number of benzene rings is 1. The first-order chi connectivity index (χ1) is 8.28. The first-order valence-corrected chi connectivity index (χ1v) is 6.52. The highest BCUT2D eigenvalue weighted by atomic mass is 32.1. The minimum atomic E-state index is 0.658. The lowest BCUT2D eigenvalue weighted by atomic mass is 10.0. The molecule has 0 radical (unpaired) electrons. The number of hydrogen-bond acceptors (Lipinski definition) is 4. The van der Waals surface area contributed by atoms with Crippen LogP contribution in [-0.2, 0) is 12.8 Å². The van der Waals surface area contributed by atoms with Crippen LogP contribution >= 0.6 is 11.3 Å². The molecule has 0 saturated heterocycles. The second kappa shape index (κ2) is 4.04. The molecule has 2 N–H and O–H groups in total. The normalized spacial score (nSPS) is 13.7. The Morgan fingerprint density at radius 2 is 2.24 bits per heavy atom. The number of aryl methyl sites for hydroxylation is 2. The molecule has 0 amide bonds. The van der Waals surface area contributed by atoms with Crippen molar-refractivity contribution in [2.75, 3.05) is 12.8 Å². The predicted molar refractivity (Wildman–Crippen MR) is 70.5 cm³/mol. The molecule has 1 aromatic carbocycles. The summed E-state index contributed by atoms with van der Waals surface area (Å²) in [6.45, 7) is 0. The van der Waals surface area contributed by atoms with Crippen LogP contribution in [0.2, 0.25) is 0 Å². The highest BCUT2D eigenvalue weighted by molar-refractivity contribution is 7.18. The molecule has 0 unspecified atom stereocenters. The van der Waals surface area contributed by atoms with Crippen LogP contribution in [-0.4, -0.2) is 12.1 Å². The number of nitrogens with two attached hydrogens (primary N) is 1. The Labute approximate surface area is 104 Å². The van der Waals surface area contributed by atoms with Crippen molar-refractivity contribution in [3.05, 3.63) is 29.5 Å². The zero-order valence-corrected chi connectivity index (χ0v) is 10.5. The van der Waals surface area contributed by atoms with Crippen molar-refractivity contribution < 1.29 is 4.74 Å². The lowest BCUT2D eigenvalue weighted by Gasteiger charge is -2.07. The Bertz CT molecular complexity index is 563. The average molecular weight is 246 g/mol. The van der Waals surface area contributed by atoms with E-state index in [1.165, 1.54) is 16.0 Å². The number of rotatable bonds is 1. The summed E-state index contributed by atoms with van der Waals surface area (Å²) < 4.78 is 5.30. The number of thiazole rings is 1. The summed E-state index contributed by atoms with van der Waals surface area (Å²) in [5.74, 6) is 0.892. The predicted octanol–water partition coefficient (Wildman–Crippen LogP) is 2.89.